The van der Waals surface area contributed by atoms with E-state index in [1.54, 1.807) is 17.9 Å². The summed E-state index contributed by atoms with van der Waals surface area (Å²) >= 11 is 0. The molecule has 5 nitrogen and oxygen atoms in total. The average Bonchev–Trinajstić information content (AvgIpc) is 2.45. The summed E-state index contributed by atoms with van der Waals surface area (Å²) in [6.45, 7) is 4.00. The summed E-state index contributed by atoms with van der Waals surface area (Å²) in [6.07, 6.45) is 0. The average molecular weight is 291 g/mol. The zero-order valence-corrected chi connectivity index (χ0v) is 11.9. The third-order valence-corrected chi connectivity index (χ3v) is 4.07. The second-order valence-corrected chi connectivity index (χ2v) is 5.64. The summed E-state index contributed by atoms with van der Waals surface area (Å²) < 4.78 is 13.2. The van der Waals surface area contributed by atoms with Gasteiger partial charge in [-0.15, -0.1) is 0 Å². The van der Waals surface area contributed by atoms with Crippen LogP contribution in [0.5, 0.6) is 0 Å². The van der Waals surface area contributed by atoms with Crippen molar-refractivity contribution in [3.8, 4) is 0 Å². The number of fused-ring (bicyclic) bond motifs is 1. The first kappa shape index (κ1) is 14.0. The highest BCUT2D eigenvalue weighted by molar-refractivity contribution is 5.97. The van der Waals surface area contributed by atoms with E-state index in [-0.39, 0.29) is 17.6 Å². The first-order chi connectivity index (χ1) is 10.0. The first-order valence-corrected chi connectivity index (χ1v) is 7.12. The van der Waals surface area contributed by atoms with Gasteiger partial charge in [0.2, 0.25) is 11.8 Å². The van der Waals surface area contributed by atoms with Crippen LogP contribution in [0.3, 0.4) is 0 Å². The third kappa shape index (κ3) is 2.76. The first-order valence-electron chi connectivity index (χ1n) is 7.12. The molecule has 1 aromatic carbocycles. The number of hydrogen-bond acceptors (Lipinski definition) is 3. The van der Waals surface area contributed by atoms with Gasteiger partial charge in [-0.1, -0.05) is 12.1 Å². The number of carbonyl (C=O) groups is 2. The van der Waals surface area contributed by atoms with E-state index in [0.717, 1.165) is 5.56 Å². The van der Waals surface area contributed by atoms with Gasteiger partial charge in [0.1, 0.15) is 17.9 Å². The zero-order chi connectivity index (χ0) is 15.0. The second-order valence-electron chi connectivity index (χ2n) is 5.64. The molecular formula is C15H18FN3O2. The lowest BCUT2D eigenvalue weighted by molar-refractivity contribution is -0.152. The van der Waals surface area contributed by atoms with Crippen molar-refractivity contribution in [2.24, 2.45) is 0 Å². The Bertz CT molecular complexity index is 578. The van der Waals surface area contributed by atoms with Gasteiger partial charge in [-0.25, -0.2) is 4.39 Å². The van der Waals surface area contributed by atoms with Crippen LogP contribution in [-0.4, -0.2) is 53.3 Å². The lowest BCUT2D eigenvalue weighted by atomic mass is 10.0. The van der Waals surface area contributed by atoms with E-state index < -0.39 is 12.1 Å². The Morgan fingerprint density at radius 1 is 1.33 bits per heavy atom. The number of carbonyl (C=O) groups excluding carboxylic acids is 2. The number of benzene rings is 1. The van der Waals surface area contributed by atoms with Gasteiger partial charge in [0.25, 0.3) is 0 Å². The zero-order valence-electron chi connectivity index (χ0n) is 11.9. The van der Waals surface area contributed by atoms with Gasteiger partial charge in [0.15, 0.2) is 0 Å². The van der Waals surface area contributed by atoms with Crippen LogP contribution in [0.1, 0.15) is 12.5 Å². The molecule has 6 heteroatoms. The van der Waals surface area contributed by atoms with Gasteiger partial charge >= 0.3 is 0 Å². The van der Waals surface area contributed by atoms with E-state index in [4.69, 9.17) is 0 Å². The van der Waals surface area contributed by atoms with Crippen LogP contribution < -0.4 is 5.32 Å². The van der Waals surface area contributed by atoms with Crippen molar-refractivity contribution in [1.29, 1.82) is 0 Å². The van der Waals surface area contributed by atoms with E-state index in [9.17, 15) is 14.0 Å². The Kier molecular flexibility index (Phi) is 3.63. The minimum atomic E-state index is -0.441. The SMILES string of the molecule is C[C@H]1NC(=O)[C@H]2CN(Cc3cccc(F)c3)CCN2C1=O. The van der Waals surface area contributed by atoms with Gasteiger partial charge in [0.05, 0.1) is 0 Å². The maximum absolute atomic E-state index is 13.2. The summed E-state index contributed by atoms with van der Waals surface area (Å²) in [6, 6.07) is 5.58. The van der Waals surface area contributed by atoms with E-state index in [0.29, 0.717) is 26.2 Å². The lowest BCUT2D eigenvalue weighted by Crippen LogP contribution is -2.68. The van der Waals surface area contributed by atoms with Crippen molar-refractivity contribution in [2.45, 2.75) is 25.6 Å². The summed E-state index contributed by atoms with van der Waals surface area (Å²) in [7, 11) is 0. The van der Waals surface area contributed by atoms with E-state index in [2.05, 4.69) is 10.2 Å². The summed E-state index contributed by atoms with van der Waals surface area (Å²) in [5.41, 5.74) is 0.874. The molecule has 21 heavy (non-hydrogen) atoms. The number of piperazine rings is 2. The number of nitrogens with one attached hydrogen (secondary N) is 1. The highest BCUT2D eigenvalue weighted by atomic mass is 19.1. The summed E-state index contributed by atoms with van der Waals surface area (Å²) in [5, 5.41) is 2.70. The molecule has 1 aromatic rings. The van der Waals surface area contributed by atoms with Crippen LogP contribution in [0.2, 0.25) is 0 Å². The highest BCUT2D eigenvalue weighted by Gasteiger charge is 2.41. The molecule has 0 unspecified atom stereocenters. The van der Waals surface area contributed by atoms with Gasteiger partial charge in [-0.05, 0) is 24.6 Å². The fourth-order valence-electron chi connectivity index (χ4n) is 2.98. The predicted molar refractivity (Wildman–Crippen MR) is 74.8 cm³/mol. The maximum Gasteiger partial charge on any atom is 0.245 e. The Hall–Kier alpha value is -1.95. The molecule has 2 aliphatic heterocycles. The molecule has 2 aliphatic rings. The number of nitrogens with zero attached hydrogens (tertiary/aromatic N) is 2. The molecule has 2 saturated heterocycles. The van der Waals surface area contributed by atoms with Crippen LogP contribution in [0.4, 0.5) is 4.39 Å². The molecule has 0 radical (unpaired) electrons. The lowest BCUT2D eigenvalue weighted by Gasteiger charge is -2.44. The van der Waals surface area contributed by atoms with Crippen molar-refractivity contribution >= 4 is 11.8 Å². The standard InChI is InChI=1S/C15H18FN3O2/c1-10-15(21)19-6-5-18(9-13(19)14(20)17-10)8-11-3-2-4-12(16)7-11/h2-4,7,10,13H,5-6,8-9H2,1H3,(H,17,20)/t10-,13-/m1/s1. The van der Waals surface area contributed by atoms with Gasteiger partial charge in [0, 0.05) is 26.2 Å². The second kappa shape index (κ2) is 5.44. The number of hydrogen-bond donors (Lipinski definition) is 1. The Labute approximate surface area is 122 Å². The molecule has 0 saturated carbocycles. The minimum Gasteiger partial charge on any atom is -0.343 e. The monoisotopic (exact) mass is 291 g/mol. The topological polar surface area (TPSA) is 52.7 Å². The molecule has 1 N–H and O–H groups in total. The maximum atomic E-state index is 13.2. The molecule has 2 amide bonds. The molecule has 0 bridgehead atoms. The Morgan fingerprint density at radius 2 is 2.14 bits per heavy atom. The normalized spacial score (nSPS) is 26.5. The Balaban J connectivity index is 1.69. The fourth-order valence-corrected chi connectivity index (χ4v) is 2.98. The Morgan fingerprint density at radius 3 is 2.90 bits per heavy atom. The van der Waals surface area contributed by atoms with Crippen LogP contribution in [0.25, 0.3) is 0 Å². The molecular weight excluding hydrogens is 273 g/mol. The van der Waals surface area contributed by atoms with E-state index >= 15 is 0 Å². The van der Waals surface area contributed by atoms with Crippen LogP contribution in [-0.2, 0) is 16.1 Å². The summed E-state index contributed by atoms with van der Waals surface area (Å²) in [4.78, 5) is 27.8. The smallest absolute Gasteiger partial charge is 0.245 e. The van der Waals surface area contributed by atoms with Gasteiger partial charge < -0.3 is 10.2 Å². The number of amides is 2. The van der Waals surface area contributed by atoms with Crippen LogP contribution in [0, 0.1) is 5.82 Å². The molecule has 112 valence electrons. The molecule has 2 fully saturated rings. The highest BCUT2D eigenvalue weighted by Crippen LogP contribution is 2.18. The molecule has 0 spiro atoms. The van der Waals surface area contributed by atoms with Crippen LogP contribution in [0.15, 0.2) is 24.3 Å². The van der Waals surface area contributed by atoms with Crippen molar-refractivity contribution in [1.82, 2.24) is 15.1 Å². The summed E-state index contributed by atoms with van der Waals surface area (Å²) in [5.74, 6) is -0.387. The number of halogens is 1. The molecule has 3 rings (SSSR count). The third-order valence-electron chi connectivity index (χ3n) is 4.07. The van der Waals surface area contributed by atoms with Crippen LogP contribution >= 0.6 is 0 Å². The minimum absolute atomic E-state index is 0.0231. The quantitative estimate of drug-likeness (QED) is 0.856. The van der Waals surface area contributed by atoms with Crippen molar-refractivity contribution in [3.63, 3.8) is 0 Å². The van der Waals surface area contributed by atoms with Crippen molar-refractivity contribution in [2.75, 3.05) is 19.6 Å². The largest absolute Gasteiger partial charge is 0.343 e. The van der Waals surface area contributed by atoms with Gasteiger partial charge in [-0.3, -0.25) is 14.5 Å². The molecule has 2 atom stereocenters. The van der Waals surface area contributed by atoms with E-state index in [1.165, 1.54) is 12.1 Å². The predicted octanol–water partition coefficient (Wildman–Crippen LogP) is 0.357. The number of rotatable bonds is 2. The van der Waals surface area contributed by atoms with Crippen molar-refractivity contribution in [3.05, 3.63) is 35.6 Å². The van der Waals surface area contributed by atoms with E-state index in [1.807, 2.05) is 6.07 Å². The van der Waals surface area contributed by atoms with Crippen molar-refractivity contribution < 1.29 is 14.0 Å². The molecule has 0 aromatic heterocycles. The van der Waals surface area contributed by atoms with Gasteiger partial charge in [-0.2, -0.15) is 0 Å². The fraction of sp³-hybridized carbons (Fsp3) is 0.467. The molecule has 2 heterocycles. The molecule has 0 aliphatic carbocycles.